The van der Waals surface area contributed by atoms with Crippen molar-refractivity contribution in [1.29, 1.82) is 0 Å². The van der Waals surface area contributed by atoms with E-state index in [-0.39, 0.29) is 0 Å². The summed E-state index contributed by atoms with van der Waals surface area (Å²) in [6.45, 7) is 7.81. The van der Waals surface area contributed by atoms with E-state index in [9.17, 15) is 0 Å². The number of piperidine rings is 1. The van der Waals surface area contributed by atoms with Gasteiger partial charge in [-0.15, -0.1) is 0 Å². The third kappa shape index (κ3) is 4.03. The normalized spacial score (nSPS) is 20.1. The molecule has 1 aliphatic rings. The van der Waals surface area contributed by atoms with Gasteiger partial charge in [-0.05, 0) is 57.4 Å². The minimum absolute atomic E-state index is 0.628. The van der Waals surface area contributed by atoms with E-state index in [2.05, 4.69) is 24.1 Å². The lowest BCUT2D eigenvalue weighted by Gasteiger charge is -2.33. The molecule has 0 aliphatic carbocycles. The summed E-state index contributed by atoms with van der Waals surface area (Å²) in [5.41, 5.74) is 8.69. The summed E-state index contributed by atoms with van der Waals surface area (Å²) in [5.74, 6) is 0. The van der Waals surface area contributed by atoms with Crippen molar-refractivity contribution < 1.29 is 0 Å². The van der Waals surface area contributed by atoms with Gasteiger partial charge in [0.2, 0.25) is 0 Å². The van der Waals surface area contributed by atoms with Crippen molar-refractivity contribution in [3.05, 3.63) is 22.7 Å². The fourth-order valence-electron chi connectivity index (χ4n) is 2.89. The smallest absolute Gasteiger partial charge is 0.0656 e. The van der Waals surface area contributed by atoms with E-state index in [1.165, 1.54) is 32.4 Å². The van der Waals surface area contributed by atoms with Gasteiger partial charge in [-0.1, -0.05) is 18.0 Å². The highest BCUT2D eigenvalue weighted by molar-refractivity contribution is 6.33. The van der Waals surface area contributed by atoms with E-state index in [0.29, 0.717) is 10.7 Å². The molecule has 1 heterocycles. The maximum Gasteiger partial charge on any atom is 0.0656 e. The molecule has 0 aromatic heterocycles. The molecule has 0 spiro atoms. The Morgan fingerprint density at radius 1 is 1.40 bits per heavy atom. The van der Waals surface area contributed by atoms with Crippen LogP contribution in [0.15, 0.2) is 12.1 Å². The second-order valence-electron chi connectivity index (χ2n) is 5.85. The maximum absolute atomic E-state index is 6.07. The summed E-state index contributed by atoms with van der Waals surface area (Å²) in [6.07, 6.45) is 5.25. The zero-order valence-corrected chi connectivity index (χ0v) is 13.3. The zero-order valence-electron chi connectivity index (χ0n) is 12.6. The lowest BCUT2D eigenvalue weighted by molar-refractivity contribution is 0.160. The quantitative estimate of drug-likeness (QED) is 0.639. The maximum atomic E-state index is 6.07. The van der Waals surface area contributed by atoms with Gasteiger partial charge in [-0.3, -0.25) is 0 Å². The van der Waals surface area contributed by atoms with Gasteiger partial charge in [0.1, 0.15) is 0 Å². The van der Waals surface area contributed by atoms with Crippen molar-refractivity contribution >= 4 is 23.0 Å². The van der Waals surface area contributed by atoms with Gasteiger partial charge in [-0.25, -0.2) is 0 Å². The first-order chi connectivity index (χ1) is 9.58. The van der Waals surface area contributed by atoms with Crippen LogP contribution in [0.5, 0.6) is 0 Å². The standard InChI is InChI=1S/C16H26ClN3/c1-12-10-15(18)14(17)11-16(12)19-7-5-9-20-8-4-3-6-13(20)2/h10-11,13,19H,3-9,18H2,1-2H3. The highest BCUT2D eigenvalue weighted by Gasteiger charge is 2.17. The van der Waals surface area contributed by atoms with E-state index in [4.69, 9.17) is 17.3 Å². The van der Waals surface area contributed by atoms with Crippen LogP contribution >= 0.6 is 11.6 Å². The van der Waals surface area contributed by atoms with Crippen LogP contribution in [-0.4, -0.2) is 30.6 Å². The van der Waals surface area contributed by atoms with Crippen LogP contribution in [0.1, 0.15) is 38.2 Å². The third-order valence-corrected chi connectivity index (χ3v) is 4.55. The predicted octanol–water partition coefficient (Wildman–Crippen LogP) is 3.91. The average Bonchev–Trinajstić information content (AvgIpc) is 2.42. The molecular weight excluding hydrogens is 270 g/mol. The Balaban J connectivity index is 1.77. The van der Waals surface area contributed by atoms with Gasteiger partial charge in [-0.2, -0.15) is 0 Å². The van der Waals surface area contributed by atoms with Crippen molar-refractivity contribution in [3.63, 3.8) is 0 Å². The van der Waals surface area contributed by atoms with E-state index in [1.807, 2.05) is 12.1 Å². The number of nitrogens with zero attached hydrogens (tertiary/aromatic N) is 1. The summed E-state index contributed by atoms with van der Waals surface area (Å²) in [6, 6.07) is 4.60. The SMILES string of the molecule is Cc1cc(N)c(Cl)cc1NCCCN1CCCCC1C. The molecule has 112 valence electrons. The molecule has 1 aromatic rings. The first-order valence-corrected chi connectivity index (χ1v) is 7.99. The number of aryl methyl sites for hydroxylation is 1. The largest absolute Gasteiger partial charge is 0.398 e. The lowest BCUT2D eigenvalue weighted by Crippen LogP contribution is -2.38. The highest BCUT2D eigenvalue weighted by atomic mass is 35.5. The Kier molecular flexibility index (Phi) is 5.55. The van der Waals surface area contributed by atoms with Crippen LogP contribution in [0.2, 0.25) is 5.02 Å². The first kappa shape index (κ1) is 15.5. The van der Waals surface area contributed by atoms with Crippen molar-refractivity contribution in [2.45, 2.75) is 45.6 Å². The van der Waals surface area contributed by atoms with Crippen molar-refractivity contribution in [2.75, 3.05) is 30.7 Å². The second-order valence-corrected chi connectivity index (χ2v) is 6.26. The minimum atomic E-state index is 0.628. The number of likely N-dealkylation sites (tertiary alicyclic amines) is 1. The number of nitrogens with one attached hydrogen (secondary N) is 1. The van der Waals surface area contributed by atoms with Gasteiger partial charge in [0.15, 0.2) is 0 Å². The number of hydrogen-bond donors (Lipinski definition) is 2. The number of halogens is 1. The summed E-state index contributed by atoms with van der Waals surface area (Å²) in [4.78, 5) is 2.61. The molecule has 1 fully saturated rings. The molecule has 1 atom stereocenters. The molecule has 4 heteroatoms. The van der Waals surface area contributed by atoms with Crippen molar-refractivity contribution in [3.8, 4) is 0 Å². The molecule has 2 rings (SSSR count). The molecule has 1 aromatic carbocycles. The summed E-state index contributed by atoms with van der Waals surface area (Å²) in [5, 5.41) is 4.10. The third-order valence-electron chi connectivity index (χ3n) is 4.22. The molecule has 1 saturated heterocycles. The van der Waals surface area contributed by atoms with Crippen LogP contribution < -0.4 is 11.1 Å². The molecule has 3 nitrogen and oxygen atoms in total. The van der Waals surface area contributed by atoms with Gasteiger partial charge < -0.3 is 16.0 Å². The average molecular weight is 296 g/mol. The lowest BCUT2D eigenvalue weighted by atomic mass is 10.0. The van der Waals surface area contributed by atoms with E-state index in [1.54, 1.807) is 0 Å². The van der Waals surface area contributed by atoms with E-state index >= 15 is 0 Å². The van der Waals surface area contributed by atoms with Gasteiger partial charge in [0.25, 0.3) is 0 Å². The van der Waals surface area contributed by atoms with E-state index in [0.717, 1.165) is 30.3 Å². The van der Waals surface area contributed by atoms with Crippen LogP contribution in [0.4, 0.5) is 11.4 Å². The van der Waals surface area contributed by atoms with Gasteiger partial charge >= 0.3 is 0 Å². The summed E-state index contributed by atoms with van der Waals surface area (Å²) >= 11 is 6.07. The molecule has 20 heavy (non-hydrogen) atoms. The van der Waals surface area contributed by atoms with Crippen LogP contribution in [0, 0.1) is 6.92 Å². The molecule has 3 N–H and O–H groups in total. The Labute approximate surface area is 127 Å². The number of anilines is 2. The first-order valence-electron chi connectivity index (χ1n) is 7.61. The molecule has 1 unspecified atom stereocenters. The van der Waals surface area contributed by atoms with Crippen LogP contribution in [-0.2, 0) is 0 Å². The fraction of sp³-hybridized carbons (Fsp3) is 0.625. The molecule has 0 amide bonds. The predicted molar refractivity (Wildman–Crippen MR) is 88.6 cm³/mol. The van der Waals surface area contributed by atoms with Gasteiger partial charge in [0.05, 0.1) is 10.7 Å². The number of benzene rings is 1. The number of rotatable bonds is 5. The molecule has 0 saturated carbocycles. The molecule has 1 aliphatic heterocycles. The van der Waals surface area contributed by atoms with Crippen molar-refractivity contribution in [1.82, 2.24) is 4.90 Å². The topological polar surface area (TPSA) is 41.3 Å². The van der Waals surface area contributed by atoms with Crippen LogP contribution in [0.25, 0.3) is 0 Å². The van der Waals surface area contributed by atoms with Gasteiger partial charge in [0, 0.05) is 24.8 Å². The Morgan fingerprint density at radius 3 is 2.95 bits per heavy atom. The molecular formula is C16H26ClN3. The Hall–Kier alpha value is -0.930. The molecule has 0 bridgehead atoms. The fourth-order valence-corrected chi connectivity index (χ4v) is 3.05. The van der Waals surface area contributed by atoms with Crippen molar-refractivity contribution in [2.24, 2.45) is 0 Å². The van der Waals surface area contributed by atoms with E-state index < -0.39 is 0 Å². The number of nitrogens with two attached hydrogens (primary N) is 1. The highest BCUT2D eigenvalue weighted by Crippen LogP contribution is 2.26. The summed E-state index contributed by atoms with van der Waals surface area (Å²) in [7, 11) is 0. The second kappa shape index (κ2) is 7.19. The Morgan fingerprint density at radius 2 is 2.20 bits per heavy atom. The summed E-state index contributed by atoms with van der Waals surface area (Å²) < 4.78 is 0. The number of nitrogen functional groups attached to an aromatic ring is 1. The molecule has 0 radical (unpaired) electrons. The number of hydrogen-bond acceptors (Lipinski definition) is 3. The monoisotopic (exact) mass is 295 g/mol. The minimum Gasteiger partial charge on any atom is -0.398 e. The zero-order chi connectivity index (χ0) is 14.5. The Bertz CT molecular complexity index is 448. The van der Waals surface area contributed by atoms with Crippen LogP contribution in [0.3, 0.4) is 0 Å².